The van der Waals surface area contributed by atoms with Gasteiger partial charge in [0, 0.05) is 28.3 Å². The van der Waals surface area contributed by atoms with Gasteiger partial charge in [0.25, 0.3) is 0 Å². The normalized spacial score (nSPS) is 11.0. The number of ether oxygens (including phenoxy) is 2. The monoisotopic (exact) mass is 660 g/mol. The van der Waals surface area contributed by atoms with Crippen molar-refractivity contribution >= 4 is 60.7 Å². The van der Waals surface area contributed by atoms with Crippen molar-refractivity contribution in [1.82, 2.24) is 24.9 Å². The minimum atomic E-state index is -2.53. The lowest BCUT2D eigenvalue weighted by atomic mass is 10.2. The first-order valence-electron chi connectivity index (χ1n) is 13.4. The van der Waals surface area contributed by atoms with Crippen molar-refractivity contribution in [1.29, 1.82) is 0 Å². The molecule has 4 heterocycles. The molecule has 6 rings (SSSR count). The number of pyridine rings is 2. The number of rotatable bonds is 10. The number of anilines is 2. The van der Waals surface area contributed by atoms with Gasteiger partial charge in [0.15, 0.2) is 5.05 Å². The lowest BCUT2D eigenvalue weighted by Gasteiger charge is -2.12. The number of fused-ring (bicyclic) bond motifs is 1. The molecule has 0 aliphatic heterocycles. The van der Waals surface area contributed by atoms with E-state index in [-0.39, 0.29) is 30.5 Å². The summed E-state index contributed by atoms with van der Waals surface area (Å²) in [4.78, 5) is 22.0. The number of hydrogen-bond acceptors (Lipinski definition) is 11. The van der Waals surface area contributed by atoms with Gasteiger partial charge >= 0.3 is 0 Å². The van der Waals surface area contributed by atoms with E-state index in [2.05, 4.69) is 30.2 Å². The van der Waals surface area contributed by atoms with E-state index >= 15 is 0 Å². The van der Waals surface area contributed by atoms with Crippen LogP contribution in [0.15, 0.2) is 90.8 Å². The molecule has 0 bridgehead atoms. The zero-order chi connectivity index (χ0) is 31.2. The summed E-state index contributed by atoms with van der Waals surface area (Å²) in [6.07, 6.45) is 4.70. The maximum atomic E-state index is 13.5. The van der Waals surface area contributed by atoms with Crippen molar-refractivity contribution in [3.63, 3.8) is 0 Å². The summed E-state index contributed by atoms with van der Waals surface area (Å²) in [5.74, 6) is 0.649. The molecule has 0 unspecified atom stereocenters. The highest BCUT2D eigenvalue weighted by molar-refractivity contribution is 7.72. The van der Waals surface area contributed by atoms with Crippen LogP contribution in [0.5, 0.6) is 5.75 Å². The van der Waals surface area contributed by atoms with Gasteiger partial charge in [-0.2, -0.15) is 8.42 Å². The van der Waals surface area contributed by atoms with E-state index < -0.39 is 10.3 Å². The molecule has 0 fully saturated rings. The molecule has 0 saturated heterocycles. The zero-order valence-corrected chi connectivity index (χ0v) is 25.6. The minimum Gasteiger partial charge on any atom is -0.487 e. The average molecular weight is 661 g/mol. The number of benzene rings is 2. The molecular weight excluding hydrogens is 639 g/mol. The summed E-state index contributed by atoms with van der Waals surface area (Å²) >= 11 is 7.81. The molecule has 0 spiro atoms. The summed E-state index contributed by atoms with van der Waals surface area (Å²) in [6, 6.07) is 18.5. The average Bonchev–Trinajstić information content (AvgIpc) is 3.52. The van der Waals surface area contributed by atoms with Gasteiger partial charge < -0.3 is 14.8 Å². The van der Waals surface area contributed by atoms with Gasteiger partial charge in [0.1, 0.15) is 41.9 Å². The number of hydrogen-bond donors (Lipinski definition) is 1. The third-order valence-electron chi connectivity index (χ3n) is 6.41. The Morgan fingerprint density at radius 3 is 2.67 bits per heavy atom. The Bertz CT molecular complexity index is 2120. The maximum Gasteiger partial charge on any atom is 0.241 e. The maximum absolute atomic E-state index is 13.5. The Kier molecular flexibility index (Phi) is 9.31. The van der Waals surface area contributed by atoms with Crippen LogP contribution in [0.2, 0.25) is 5.02 Å². The molecule has 10 nitrogen and oxygen atoms in total. The van der Waals surface area contributed by atoms with Crippen LogP contribution < -0.4 is 10.1 Å². The van der Waals surface area contributed by atoms with E-state index in [1.807, 2.05) is 11.4 Å². The van der Waals surface area contributed by atoms with E-state index in [9.17, 15) is 12.8 Å². The first kappa shape index (κ1) is 30.2. The third kappa shape index (κ3) is 7.64. The second-order valence-electron chi connectivity index (χ2n) is 9.52. The summed E-state index contributed by atoms with van der Waals surface area (Å²) in [5.41, 5.74) is 3.71. The zero-order valence-electron chi connectivity index (χ0n) is 23.2. The molecule has 226 valence electrons. The van der Waals surface area contributed by atoms with Crippen LogP contribution in [0, 0.1) is 5.82 Å². The lowest BCUT2D eigenvalue weighted by Crippen LogP contribution is -2.10. The van der Waals surface area contributed by atoms with Gasteiger partial charge in [0.05, 0.1) is 34.5 Å². The van der Waals surface area contributed by atoms with E-state index in [0.717, 1.165) is 0 Å². The van der Waals surface area contributed by atoms with Crippen LogP contribution in [0.3, 0.4) is 0 Å². The van der Waals surface area contributed by atoms with E-state index in [0.29, 0.717) is 60.8 Å². The number of nitrogens with zero attached hydrogens (tertiary/aromatic N) is 5. The van der Waals surface area contributed by atoms with Crippen molar-refractivity contribution < 1.29 is 22.3 Å². The molecule has 0 aliphatic rings. The van der Waals surface area contributed by atoms with Crippen molar-refractivity contribution in [2.75, 3.05) is 5.32 Å². The molecule has 45 heavy (non-hydrogen) atoms. The van der Waals surface area contributed by atoms with Crippen LogP contribution >= 0.6 is 22.9 Å². The highest BCUT2D eigenvalue weighted by Gasteiger charge is 2.13. The molecular formula is C31H22ClFN6O4S2. The summed E-state index contributed by atoms with van der Waals surface area (Å²) < 4.78 is 48.3. The van der Waals surface area contributed by atoms with Crippen LogP contribution in [-0.2, 0) is 34.7 Å². The largest absolute Gasteiger partial charge is 0.487 e. The Morgan fingerprint density at radius 2 is 1.87 bits per heavy atom. The third-order valence-corrected chi connectivity index (χ3v) is 8.16. The number of aromatic nitrogens is 5. The molecule has 0 amide bonds. The smallest absolute Gasteiger partial charge is 0.241 e. The predicted molar refractivity (Wildman–Crippen MR) is 171 cm³/mol. The van der Waals surface area contributed by atoms with Crippen LogP contribution in [-0.4, -0.2) is 38.4 Å². The number of nitrogens with one attached hydrogen (secondary N) is 1. The van der Waals surface area contributed by atoms with E-state index in [1.165, 1.54) is 29.8 Å². The lowest BCUT2D eigenvalue weighted by molar-refractivity contribution is 0.292. The fourth-order valence-corrected chi connectivity index (χ4v) is 5.62. The van der Waals surface area contributed by atoms with Gasteiger partial charge in [-0.1, -0.05) is 29.8 Å². The molecule has 2 aromatic carbocycles. The topological polar surface area (TPSA) is 129 Å². The first-order chi connectivity index (χ1) is 21.9. The Morgan fingerprint density at radius 1 is 0.956 bits per heavy atom. The Balaban J connectivity index is 1.16. The minimum absolute atomic E-state index is 0.0208. The van der Waals surface area contributed by atoms with Gasteiger partial charge in [0.2, 0.25) is 10.3 Å². The molecule has 14 heteroatoms. The van der Waals surface area contributed by atoms with Crippen LogP contribution in [0.4, 0.5) is 15.9 Å². The molecule has 0 aliphatic carbocycles. The van der Waals surface area contributed by atoms with Gasteiger partial charge in [-0.25, -0.2) is 19.3 Å². The second-order valence-corrected chi connectivity index (χ2v) is 11.8. The highest BCUT2D eigenvalue weighted by atomic mass is 35.5. The van der Waals surface area contributed by atoms with Gasteiger partial charge in [-0.3, -0.25) is 9.97 Å². The van der Waals surface area contributed by atoms with Crippen molar-refractivity contribution in [2.24, 2.45) is 0 Å². The standard InChI is InChI=1S/C31H22ClFN6O4S2/c32-24-11-22(7-8-28(24)42-15-19-4-3-5-20(33)10-19)38-31-23-13-25(35-14-26(23)36-18-37-31)27-17-44-29(39-27)16-43-30(45(40)41)12-21-6-1-2-9-34-21/h1-11,13-14,17-18H,12,15-16H2,(H,36,37,38). The van der Waals surface area contributed by atoms with E-state index in [4.69, 9.17) is 21.1 Å². The number of halogens is 2. The SMILES string of the molecule is O=S(=O)=C(Cc1ccccn1)OCc1nc(-c2cc3c(Nc4ccc(OCc5cccc(F)c5)c(Cl)c4)ncnc3cn2)cs1. The number of thiazole rings is 1. The van der Waals surface area contributed by atoms with Crippen molar-refractivity contribution in [2.45, 2.75) is 19.6 Å². The second kappa shape index (κ2) is 13.9. The van der Waals surface area contributed by atoms with Crippen molar-refractivity contribution in [3.05, 3.63) is 118 Å². The van der Waals surface area contributed by atoms with Gasteiger partial charge in [-0.15, -0.1) is 11.3 Å². The first-order valence-corrected chi connectivity index (χ1v) is 15.7. The molecule has 0 saturated carbocycles. The quantitative estimate of drug-likeness (QED) is 0.164. The molecule has 1 N–H and O–H groups in total. The van der Waals surface area contributed by atoms with E-state index in [1.54, 1.807) is 60.9 Å². The fraction of sp³-hybridized carbons (Fsp3) is 0.0968. The Hall–Kier alpha value is -4.82. The van der Waals surface area contributed by atoms with Crippen molar-refractivity contribution in [3.8, 4) is 17.1 Å². The fourth-order valence-electron chi connectivity index (χ4n) is 4.26. The Labute approximate surface area is 267 Å². The summed E-state index contributed by atoms with van der Waals surface area (Å²) in [7, 11) is -2.53. The highest BCUT2D eigenvalue weighted by Crippen LogP contribution is 2.32. The predicted octanol–water partition coefficient (Wildman–Crippen LogP) is 6.43. The molecule has 4 aromatic heterocycles. The molecule has 0 radical (unpaired) electrons. The van der Waals surface area contributed by atoms with Gasteiger partial charge in [-0.05, 0) is 54.1 Å². The summed E-state index contributed by atoms with van der Waals surface area (Å²) in [6.45, 7) is 0.150. The molecule has 0 atom stereocenters. The molecule has 6 aromatic rings. The summed E-state index contributed by atoms with van der Waals surface area (Å²) in [5, 5.41) is 6.62. The van der Waals surface area contributed by atoms with Crippen LogP contribution in [0.1, 0.15) is 16.3 Å². The van der Waals surface area contributed by atoms with Crippen LogP contribution in [0.25, 0.3) is 22.3 Å².